The first kappa shape index (κ1) is 23.5. The Morgan fingerprint density at radius 2 is 1.39 bits per heavy atom. The predicted molar refractivity (Wildman–Crippen MR) is 169 cm³/mol. The van der Waals surface area contributed by atoms with Gasteiger partial charge in [0.05, 0.1) is 17.4 Å². The third-order valence-corrected chi connectivity index (χ3v) is 8.14. The molecule has 4 nitrogen and oxygen atoms in total. The third kappa shape index (κ3) is 4.12. The molecule has 4 heterocycles. The number of fused-ring (bicyclic) bond motifs is 4. The Morgan fingerprint density at radius 3 is 2.24 bits per heavy atom. The van der Waals surface area contributed by atoms with E-state index in [1.165, 1.54) is 27.7 Å². The van der Waals surface area contributed by atoms with Crippen molar-refractivity contribution in [3.63, 3.8) is 0 Å². The average Bonchev–Trinajstić information content (AvgIpc) is 3.39. The molecular weight excluding hydrogens is 500 g/mol. The number of anilines is 2. The van der Waals surface area contributed by atoms with Crippen molar-refractivity contribution < 1.29 is 0 Å². The highest BCUT2D eigenvalue weighted by molar-refractivity contribution is 5.88. The van der Waals surface area contributed by atoms with Crippen LogP contribution in [0.1, 0.15) is 11.5 Å². The second-order valence-electron chi connectivity index (χ2n) is 10.6. The molecule has 0 saturated heterocycles. The molecule has 41 heavy (non-hydrogen) atoms. The lowest BCUT2D eigenvalue weighted by Gasteiger charge is -2.28. The van der Waals surface area contributed by atoms with Crippen LogP contribution in [0.25, 0.3) is 44.4 Å². The number of rotatable bonds is 4. The van der Waals surface area contributed by atoms with Crippen molar-refractivity contribution in [1.29, 1.82) is 0 Å². The number of aliphatic imine (C=N–C) groups is 1. The zero-order valence-electron chi connectivity index (χ0n) is 22.3. The predicted octanol–water partition coefficient (Wildman–Crippen LogP) is 8.83. The van der Waals surface area contributed by atoms with E-state index in [0.29, 0.717) is 0 Å². The molecule has 8 rings (SSSR count). The number of hydrogen-bond acceptors (Lipinski definition) is 4. The van der Waals surface area contributed by atoms with Crippen LogP contribution in [0.15, 0.2) is 145 Å². The number of hydrogen-bond donors (Lipinski definition) is 0. The molecule has 4 aromatic carbocycles. The molecule has 4 heteroatoms. The van der Waals surface area contributed by atoms with Crippen molar-refractivity contribution >= 4 is 28.4 Å². The molecule has 0 bridgehead atoms. The molecule has 2 unspecified atom stereocenters. The average molecular weight is 527 g/mol. The van der Waals surface area contributed by atoms with Crippen LogP contribution in [0, 0.1) is 0 Å². The molecule has 0 amide bonds. The smallest absolute Gasteiger partial charge is 0.0731 e. The minimum absolute atomic E-state index is 0.230. The summed E-state index contributed by atoms with van der Waals surface area (Å²) >= 11 is 0. The Kier molecular flexibility index (Phi) is 5.56. The molecule has 2 aromatic heterocycles. The van der Waals surface area contributed by atoms with Crippen LogP contribution in [0.2, 0.25) is 0 Å². The molecule has 194 valence electrons. The maximum absolute atomic E-state index is 5.09. The highest BCUT2D eigenvalue weighted by atomic mass is 15.2. The van der Waals surface area contributed by atoms with E-state index >= 15 is 0 Å². The number of benzene rings is 4. The van der Waals surface area contributed by atoms with Crippen molar-refractivity contribution in [1.82, 2.24) is 9.97 Å². The zero-order chi connectivity index (χ0) is 27.2. The van der Waals surface area contributed by atoms with Gasteiger partial charge in [-0.05, 0) is 82.1 Å². The van der Waals surface area contributed by atoms with E-state index in [-0.39, 0.29) is 12.0 Å². The molecule has 6 aromatic rings. The lowest BCUT2D eigenvalue weighted by Crippen LogP contribution is -2.29. The van der Waals surface area contributed by atoms with Gasteiger partial charge in [-0.2, -0.15) is 0 Å². The SMILES string of the molecule is C1=CC2C(C=N1)c1ccccc1N2c1ccc(-c2cc(-c3cccnc3)nc(-c3ccc4ccccc4c3)c2)cc1. The monoisotopic (exact) mass is 526 g/mol. The van der Waals surface area contributed by atoms with Crippen molar-refractivity contribution in [2.24, 2.45) is 4.99 Å². The van der Waals surface area contributed by atoms with Gasteiger partial charge in [-0.3, -0.25) is 9.98 Å². The number of aromatic nitrogens is 2. The van der Waals surface area contributed by atoms with E-state index in [9.17, 15) is 0 Å². The maximum atomic E-state index is 5.09. The lowest BCUT2D eigenvalue weighted by atomic mass is 9.95. The van der Waals surface area contributed by atoms with E-state index in [4.69, 9.17) is 4.98 Å². The maximum Gasteiger partial charge on any atom is 0.0731 e. The van der Waals surface area contributed by atoms with Gasteiger partial charge in [0.15, 0.2) is 0 Å². The molecule has 0 fully saturated rings. The molecule has 0 aliphatic carbocycles. The summed E-state index contributed by atoms with van der Waals surface area (Å²) in [6, 6.07) is 41.2. The number of pyridine rings is 2. The second-order valence-corrected chi connectivity index (χ2v) is 10.6. The molecule has 0 radical (unpaired) electrons. The standard InChI is InChI=1S/C37H26N4/c1-2-7-27-20-28(12-11-25(27)6-1)34-21-30(22-35(40-34)29-8-5-18-38-23-29)26-13-15-31(16-14-26)41-36-10-4-3-9-32(36)33-24-39-19-17-37(33)41/h1-24,33,37H. The highest BCUT2D eigenvalue weighted by Crippen LogP contribution is 2.46. The summed E-state index contributed by atoms with van der Waals surface area (Å²) in [6.45, 7) is 0. The Bertz CT molecular complexity index is 1960. The van der Waals surface area contributed by atoms with Crippen LogP contribution in [0.5, 0.6) is 0 Å². The van der Waals surface area contributed by atoms with Gasteiger partial charge in [0.25, 0.3) is 0 Å². The van der Waals surface area contributed by atoms with Crippen molar-refractivity contribution in [2.75, 3.05) is 4.90 Å². The second kappa shape index (κ2) is 9.68. The van der Waals surface area contributed by atoms with Crippen molar-refractivity contribution in [3.8, 4) is 33.6 Å². The largest absolute Gasteiger partial charge is 0.333 e. The summed E-state index contributed by atoms with van der Waals surface area (Å²) in [5.74, 6) is 0.266. The minimum atomic E-state index is 0.230. The first-order valence-electron chi connectivity index (χ1n) is 13.9. The van der Waals surface area contributed by atoms with Gasteiger partial charge in [-0.25, -0.2) is 4.98 Å². The van der Waals surface area contributed by atoms with Crippen LogP contribution >= 0.6 is 0 Å². The quantitative estimate of drug-likeness (QED) is 0.230. The Balaban J connectivity index is 1.21. The molecule has 0 spiro atoms. The lowest BCUT2D eigenvalue weighted by molar-refractivity contribution is 0.780. The summed E-state index contributed by atoms with van der Waals surface area (Å²) in [6.07, 6.45) is 9.87. The van der Waals surface area contributed by atoms with Gasteiger partial charge in [-0.15, -0.1) is 0 Å². The first-order valence-corrected chi connectivity index (χ1v) is 13.9. The van der Waals surface area contributed by atoms with Crippen molar-refractivity contribution in [3.05, 3.63) is 145 Å². The molecule has 0 saturated carbocycles. The van der Waals surface area contributed by atoms with Gasteiger partial charge < -0.3 is 4.90 Å². The number of para-hydroxylation sites is 1. The van der Waals surface area contributed by atoms with Crippen molar-refractivity contribution in [2.45, 2.75) is 12.0 Å². The molecule has 0 N–H and O–H groups in total. The van der Waals surface area contributed by atoms with E-state index in [1.807, 2.05) is 18.5 Å². The van der Waals surface area contributed by atoms with Crippen LogP contribution in [0.3, 0.4) is 0 Å². The van der Waals surface area contributed by atoms with Crippen LogP contribution in [0.4, 0.5) is 11.4 Å². The van der Waals surface area contributed by atoms with Crippen LogP contribution in [-0.4, -0.2) is 22.2 Å². The fraction of sp³-hybridized carbons (Fsp3) is 0.0541. The molecule has 2 atom stereocenters. The summed E-state index contributed by atoms with van der Waals surface area (Å²) < 4.78 is 0. The van der Waals surface area contributed by atoms with Gasteiger partial charge >= 0.3 is 0 Å². The normalized spacial score (nSPS) is 17.0. The van der Waals surface area contributed by atoms with Gasteiger partial charge in [0, 0.05) is 53.2 Å². The summed E-state index contributed by atoms with van der Waals surface area (Å²) in [4.78, 5) is 16.3. The van der Waals surface area contributed by atoms with Crippen LogP contribution in [-0.2, 0) is 0 Å². The molecular formula is C37H26N4. The van der Waals surface area contributed by atoms with Gasteiger partial charge in [0.2, 0.25) is 0 Å². The number of nitrogens with zero attached hydrogens (tertiary/aromatic N) is 4. The Hall–Kier alpha value is -5.35. The fourth-order valence-electron chi connectivity index (χ4n) is 6.13. The summed E-state index contributed by atoms with van der Waals surface area (Å²) in [7, 11) is 0. The van der Waals surface area contributed by atoms with E-state index in [2.05, 4.69) is 136 Å². The minimum Gasteiger partial charge on any atom is -0.333 e. The van der Waals surface area contributed by atoms with Crippen LogP contribution < -0.4 is 4.90 Å². The molecule has 2 aliphatic heterocycles. The summed E-state index contributed by atoms with van der Waals surface area (Å²) in [5.41, 5.74) is 9.96. The highest BCUT2D eigenvalue weighted by Gasteiger charge is 2.37. The first-order chi connectivity index (χ1) is 20.3. The zero-order valence-corrected chi connectivity index (χ0v) is 22.3. The summed E-state index contributed by atoms with van der Waals surface area (Å²) in [5, 5.41) is 2.43. The molecule has 2 aliphatic rings. The Morgan fingerprint density at radius 1 is 0.610 bits per heavy atom. The third-order valence-electron chi connectivity index (χ3n) is 8.14. The topological polar surface area (TPSA) is 41.4 Å². The van der Waals surface area contributed by atoms with Gasteiger partial charge in [0.1, 0.15) is 0 Å². The fourth-order valence-corrected chi connectivity index (χ4v) is 6.13. The van der Waals surface area contributed by atoms with E-state index < -0.39 is 0 Å². The van der Waals surface area contributed by atoms with Gasteiger partial charge in [-0.1, -0.05) is 66.7 Å². The van der Waals surface area contributed by atoms with E-state index in [1.54, 1.807) is 6.20 Å². The van der Waals surface area contributed by atoms with E-state index in [0.717, 1.165) is 33.6 Å². The Labute approximate surface area is 239 Å².